The third kappa shape index (κ3) is 1.59. The van der Waals surface area contributed by atoms with E-state index in [0.29, 0.717) is 0 Å². The molecule has 0 bridgehead atoms. The fourth-order valence-electron chi connectivity index (χ4n) is 3.57. The zero-order chi connectivity index (χ0) is 12.6. The minimum Gasteiger partial charge on any atom is -0.347 e. The van der Waals surface area contributed by atoms with Crippen LogP contribution in [-0.4, -0.2) is 11.1 Å². The molecule has 1 aromatic heterocycles. The monoisotopic (exact) mass is 242 g/mol. The van der Waals surface area contributed by atoms with Crippen LogP contribution in [0.15, 0.2) is 30.5 Å². The molecule has 0 saturated heterocycles. The average molecular weight is 242 g/mol. The Labute approximate surface area is 109 Å². The van der Waals surface area contributed by atoms with E-state index in [1.165, 1.54) is 42.1 Å². The van der Waals surface area contributed by atoms with Crippen molar-refractivity contribution in [2.75, 3.05) is 6.54 Å². The number of aryl methyl sites for hydroxylation is 1. The second-order valence-corrected chi connectivity index (χ2v) is 5.54. The summed E-state index contributed by atoms with van der Waals surface area (Å²) in [7, 11) is 0. The summed E-state index contributed by atoms with van der Waals surface area (Å²) in [5.74, 6) is 0. The molecule has 3 rings (SSSR count). The van der Waals surface area contributed by atoms with E-state index in [9.17, 15) is 0 Å². The Bertz CT molecular complexity index is 547. The Kier molecular flexibility index (Phi) is 2.90. The smallest absolute Gasteiger partial charge is 0.0483 e. The van der Waals surface area contributed by atoms with Crippen molar-refractivity contribution < 1.29 is 0 Å². The molecular formula is C16H22N2. The zero-order valence-corrected chi connectivity index (χ0v) is 11.2. The number of nitrogens with zero attached hydrogens (tertiary/aromatic N) is 1. The third-order valence-corrected chi connectivity index (χ3v) is 4.65. The fourth-order valence-corrected chi connectivity index (χ4v) is 3.57. The Balaban J connectivity index is 2.22. The standard InChI is InChI=1S/C16H22N2/c1-2-18-11-14(13-7-3-4-8-15(13)18)16(12-17)9-5-6-10-16/h3-4,7-8,11H,2,5-6,9-10,12,17H2,1H3. The van der Waals surface area contributed by atoms with Gasteiger partial charge in [-0.1, -0.05) is 31.0 Å². The number of hydrogen-bond donors (Lipinski definition) is 1. The van der Waals surface area contributed by atoms with Crippen LogP contribution in [0.2, 0.25) is 0 Å². The molecule has 96 valence electrons. The quantitative estimate of drug-likeness (QED) is 0.878. The van der Waals surface area contributed by atoms with Gasteiger partial charge in [0, 0.05) is 35.6 Å². The number of nitrogens with two attached hydrogens (primary N) is 1. The van der Waals surface area contributed by atoms with Crippen molar-refractivity contribution in [3.8, 4) is 0 Å². The van der Waals surface area contributed by atoms with Gasteiger partial charge in [0.05, 0.1) is 0 Å². The van der Waals surface area contributed by atoms with Gasteiger partial charge in [0.15, 0.2) is 0 Å². The first-order valence-electron chi connectivity index (χ1n) is 7.09. The SMILES string of the molecule is CCn1cc(C2(CN)CCCC2)c2ccccc21. The van der Waals surface area contributed by atoms with Crippen LogP contribution in [0.4, 0.5) is 0 Å². The Morgan fingerprint density at radius 2 is 1.94 bits per heavy atom. The highest BCUT2D eigenvalue weighted by Crippen LogP contribution is 2.43. The van der Waals surface area contributed by atoms with Crippen LogP contribution < -0.4 is 5.73 Å². The molecule has 2 nitrogen and oxygen atoms in total. The Morgan fingerprint density at radius 3 is 2.61 bits per heavy atom. The largest absolute Gasteiger partial charge is 0.347 e. The number of fused-ring (bicyclic) bond motifs is 1. The lowest BCUT2D eigenvalue weighted by molar-refractivity contribution is 0.455. The van der Waals surface area contributed by atoms with Crippen LogP contribution in [0.5, 0.6) is 0 Å². The van der Waals surface area contributed by atoms with E-state index in [0.717, 1.165) is 13.1 Å². The summed E-state index contributed by atoms with van der Waals surface area (Å²) >= 11 is 0. The minimum atomic E-state index is 0.236. The lowest BCUT2D eigenvalue weighted by Crippen LogP contribution is -2.31. The molecule has 1 fully saturated rings. The summed E-state index contributed by atoms with van der Waals surface area (Å²) in [5.41, 5.74) is 9.21. The van der Waals surface area contributed by atoms with Crippen molar-refractivity contribution in [3.63, 3.8) is 0 Å². The van der Waals surface area contributed by atoms with Crippen LogP contribution in [0.1, 0.15) is 38.2 Å². The minimum absolute atomic E-state index is 0.236. The summed E-state index contributed by atoms with van der Waals surface area (Å²) < 4.78 is 2.36. The number of benzene rings is 1. The molecule has 0 unspecified atom stereocenters. The predicted octanol–water partition coefficient (Wildman–Crippen LogP) is 3.43. The van der Waals surface area contributed by atoms with Gasteiger partial charge in [-0.2, -0.15) is 0 Å². The van der Waals surface area contributed by atoms with Gasteiger partial charge >= 0.3 is 0 Å². The fraction of sp³-hybridized carbons (Fsp3) is 0.500. The van der Waals surface area contributed by atoms with E-state index in [-0.39, 0.29) is 5.41 Å². The molecule has 0 radical (unpaired) electrons. The van der Waals surface area contributed by atoms with Crippen molar-refractivity contribution in [1.82, 2.24) is 4.57 Å². The molecule has 0 amide bonds. The van der Waals surface area contributed by atoms with Gasteiger partial charge in [-0.15, -0.1) is 0 Å². The summed E-state index contributed by atoms with van der Waals surface area (Å²) in [4.78, 5) is 0. The molecule has 1 aliphatic rings. The highest BCUT2D eigenvalue weighted by molar-refractivity contribution is 5.85. The number of hydrogen-bond acceptors (Lipinski definition) is 1. The zero-order valence-electron chi connectivity index (χ0n) is 11.2. The van der Waals surface area contributed by atoms with Crippen LogP contribution in [0.3, 0.4) is 0 Å². The molecule has 18 heavy (non-hydrogen) atoms. The van der Waals surface area contributed by atoms with E-state index in [2.05, 4.69) is 42.0 Å². The maximum atomic E-state index is 6.13. The lowest BCUT2D eigenvalue weighted by atomic mass is 9.79. The van der Waals surface area contributed by atoms with Crippen LogP contribution in [0.25, 0.3) is 10.9 Å². The van der Waals surface area contributed by atoms with Gasteiger partial charge in [0.1, 0.15) is 0 Å². The maximum Gasteiger partial charge on any atom is 0.0483 e. The first kappa shape index (κ1) is 11.8. The molecule has 0 aliphatic heterocycles. The third-order valence-electron chi connectivity index (χ3n) is 4.65. The molecule has 1 aliphatic carbocycles. The molecule has 1 aromatic carbocycles. The van der Waals surface area contributed by atoms with Crippen LogP contribution in [-0.2, 0) is 12.0 Å². The predicted molar refractivity (Wildman–Crippen MR) is 76.8 cm³/mol. The summed E-state index contributed by atoms with van der Waals surface area (Å²) in [6.07, 6.45) is 7.50. The van der Waals surface area contributed by atoms with E-state index in [4.69, 9.17) is 5.73 Å². The van der Waals surface area contributed by atoms with Gasteiger partial charge in [-0.3, -0.25) is 0 Å². The first-order valence-corrected chi connectivity index (χ1v) is 7.09. The highest BCUT2D eigenvalue weighted by atomic mass is 15.0. The van der Waals surface area contributed by atoms with E-state index < -0.39 is 0 Å². The summed E-state index contributed by atoms with van der Waals surface area (Å²) in [6.45, 7) is 4.02. The van der Waals surface area contributed by atoms with Gasteiger partial charge in [-0.05, 0) is 31.4 Å². The molecule has 1 saturated carbocycles. The van der Waals surface area contributed by atoms with Gasteiger partial charge in [-0.25, -0.2) is 0 Å². The van der Waals surface area contributed by atoms with Crippen LogP contribution in [0, 0.1) is 0 Å². The van der Waals surface area contributed by atoms with E-state index in [1.807, 2.05) is 0 Å². The Hall–Kier alpha value is -1.28. The molecule has 2 heteroatoms. The second kappa shape index (κ2) is 4.43. The van der Waals surface area contributed by atoms with E-state index >= 15 is 0 Å². The molecule has 1 heterocycles. The van der Waals surface area contributed by atoms with E-state index in [1.54, 1.807) is 0 Å². The van der Waals surface area contributed by atoms with Crippen molar-refractivity contribution in [2.24, 2.45) is 5.73 Å². The van der Waals surface area contributed by atoms with Gasteiger partial charge in [0.25, 0.3) is 0 Å². The van der Waals surface area contributed by atoms with Crippen molar-refractivity contribution in [2.45, 2.75) is 44.6 Å². The summed E-state index contributed by atoms with van der Waals surface area (Å²) in [6, 6.07) is 8.75. The number of para-hydroxylation sites is 1. The average Bonchev–Trinajstić information content (AvgIpc) is 3.03. The van der Waals surface area contributed by atoms with Crippen LogP contribution >= 0.6 is 0 Å². The normalized spacial score (nSPS) is 18.6. The molecule has 2 aromatic rings. The number of aromatic nitrogens is 1. The second-order valence-electron chi connectivity index (χ2n) is 5.54. The lowest BCUT2D eigenvalue weighted by Gasteiger charge is -2.27. The summed E-state index contributed by atoms with van der Waals surface area (Å²) in [5, 5.41) is 1.41. The van der Waals surface area contributed by atoms with Crippen molar-refractivity contribution in [3.05, 3.63) is 36.0 Å². The molecule has 2 N–H and O–H groups in total. The highest BCUT2D eigenvalue weighted by Gasteiger charge is 2.36. The number of rotatable bonds is 3. The molecule has 0 atom stereocenters. The maximum absolute atomic E-state index is 6.13. The Morgan fingerprint density at radius 1 is 1.22 bits per heavy atom. The van der Waals surface area contributed by atoms with Gasteiger partial charge < -0.3 is 10.3 Å². The molecule has 0 spiro atoms. The van der Waals surface area contributed by atoms with Crippen molar-refractivity contribution >= 4 is 10.9 Å². The topological polar surface area (TPSA) is 30.9 Å². The van der Waals surface area contributed by atoms with Crippen molar-refractivity contribution in [1.29, 1.82) is 0 Å². The first-order chi connectivity index (χ1) is 8.80. The van der Waals surface area contributed by atoms with Gasteiger partial charge in [0.2, 0.25) is 0 Å². The molecular weight excluding hydrogens is 220 g/mol.